The molecule has 0 amide bonds. The molecule has 0 heterocycles. The highest BCUT2D eigenvalue weighted by atomic mass is 28.3. The second kappa shape index (κ2) is 17.2. The predicted molar refractivity (Wildman–Crippen MR) is 238 cm³/mol. The summed E-state index contributed by atoms with van der Waals surface area (Å²) in [7, 11) is -2.17. The van der Waals surface area contributed by atoms with Crippen molar-refractivity contribution in [2.45, 2.75) is 75.5 Å². The van der Waals surface area contributed by atoms with Gasteiger partial charge in [-0.05, 0) is 95.9 Å². The van der Waals surface area contributed by atoms with Gasteiger partial charge >= 0.3 is 0 Å². The van der Waals surface area contributed by atoms with Crippen LogP contribution in [0.15, 0.2) is 216 Å². The minimum Gasteiger partial charge on any atom is -0.0770 e. The summed E-state index contributed by atoms with van der Waals surface area (Å²) in [6.07, 6.45) is 33.7. The van der Waals surface area contributed by atoms with Crippen molar-refractivity contribution in [3.63, 3.8) is 0 Å². The number of aryl methyl sites for hydroxylation is 2. The standard InChI is InChI=1S/C54H56Si/c1-55(2,53-47(37-43-25-11-5-12-26-43)39-51-45(31-15-17-35-49(51)53)33-19-29-41-21-7-3-8-22-41)54-48(38-44-27-13-6-14-28-44)40-52-46(32-16-18-36-50(52)54)34-20-30-42-23-9-4-10-24-42/h3-18,21-28,31-32,35-36,39-40,45-46,53-54H,19-20,29-30,33-34,37-38H2,1-2H3. The Morgan fingerprint density at radius 3 is 1.16 bits per heavy atom. The normalized spacial score (nSPS) is 21.6. The van der Waals surface area contributed by atoms with Gasteiger partial charge < -0.3 is 0 Å². The van der Waals surface area contributed by atoms with Crippen LogP contribution in [0.5, 0.6) is 0 Å². The number of hydrogen-bond acceptors (Lipinski definition) is 0. The van der Waals surface area contributed by atoms with Gasteiger partial charge in [-0.1, -0.05) is 206 Å². The lowest BCUT2D eigenvalue weighted by Crippen LogP contribution is -2.41. The van der Waals surface area contributed by atoms with E-state index in [9.17, 15) is 0 Å². The summed E-state index contributed by atoms with van der Waals surface area (Å²) in [4.78, 5) is 0. The summed E-state index contributed by atoms with van der Waals surface area (Å²) in [5.74, 6) is 0.867. The van der Waals surface area contributed by atoms with Crippen molar-refractivity contribution in [3.05, 3.63) is 238 Å². The summed E-state index contributed by atoms with van der Waals surface area (Å²) in [6.45, 7) is 5.47. The van der Waals surface area contributed by atoms with Crippen LogP contribution in [0.3, 0.4) is 0 Å². The lowest BCUT2D eigenvalue weighted by atomic mass is 9.91. The molecule has 0 saturated carbocycles. The van der Waals surface area contributed by atoms with Crippen molar-refractivity contribution in [3.8, 4) is 0 Å². The molecule has 0 N–H and O–H groups in total. The fraction of sp³-hybridized carbons (Fsp3) is 0.259. The Morgan fingerprint density at radius 2 is 0.782 bits per heavy atom. The molecule has 4 aromatic carbocycles. The molecular formula is C54H56Si. The summed E-state index contributed by atoms with van der Waals surface area (Å²) in [5, 5.41) is 0. The molecule has 0 spiro atoms. The summed E-state index contributed by atoms with van der Waals surface area (Å²) >= 11 is 0. The molecule has 0 fully saturated rings. The molecule has 4 aliphatic carbocycles. The van der Waals surface area contributed by atoms with Gasteiger partial charge in [-0.2, -0.15) is 0 Å². The second-order valence-corrected chi connectivity index (χ2v) is 21.5. The molecule has 276 valence electrons. The summed E-state index contributed by atoms with van der Waals surface area (Å²) in [6, 6.07) is 44.6. The van der Waals surface area contributed by atoms with E-state index in [0.29, 0.717) is 22.9 Å². The van der Waals surface area contributed by atoms with Gasteiger partial charge in [-0.25, -0.2) is 0 Å². The zero-order chi connectivity index (χ0) is 37.5. The molecule has 4 aromatic rings. The molecular weight excluding hydrogens is 677 g/mol. The highest BCUT2D eigenvalue weighted by molar-refractivity contribution is 6.83. The Balaban J connectivity index is 1.16. The van der Waals surface area contributed by atoms with Crippen LogP contribution >= 0.6 is 0 Å². The van der Waals surface area contributed by atoms with Crippen molar-refractivity contribution in [2.75, 3.05) is 0 Å². The van der Waals surface area contributed by atoms with Crippen LogP contribution < -0.4 is 0 Å². The minimum atomic E-state index is -2.17. The number of benzene rings is 4. The van der Waals surface area contributed by atoms with Gasteiger partial charge in [-0.3, -0.25) is 0 Å². The molecule has 8 rings (SSSR count). The lowest BCUT2D eigenvalue weighted by Gasteiger charge is -2.41. The first-order valence-electron chi connectivity index (χ1n) is 20.8. The van der Waals surface area contributed by atoms with Crippen LogP contribution in [0.25, 0.3) is 0 Å². The maximum atomic E-state index is 2.74. The molecule has 0 aromatic heterocycles. The maximum Gasteiger partial charge on any atom is 0.0722 e. The van der Waals surface area contributed by atoms with E-state index in [4.69, 9.17) is 0 Å². The molecule has 1 heteroatoms. The van der Waals surface area contributed by atoms with E-state index < -0.39 is 8.07 Å². The van der Waals surface area contributed by atoms with Gasteiger partial charge in [-0.15, -0.1) is 0 Å². The Bertz CT molecular complexity index is 2010. The molecule has 0 saturated heterocycles. The molecule has 0 aliphatic heterocycles. The number of rotatable bonds is 14. The number of allylic oxidation sites excluding steroid dienone is 16. The van der Waals surface area contributed by atoms with E-state index in [1.54, 1.807) is 33.4 Å². The zero-order valence-electron chi connectivity index (χ0n) is 32.8. The van der Waals surface area contributed by atoms with Crippen LogP contribution in [0.1, 0.15) is 47.9 Å². The third-order valence-electron chi connectivity index (χ3n) is 12.6. The topological polar surface area (TPSA) is 0 Å². The fourth-order valence-corrected chi connectivity index (χ4v) is 14.9. The minimum absolute atomic E-state index is 0.433. The average Bonchev–Trinajstić information content (AvgIpc) is 3.62. The predicted octanol–water partition coefficient (Wildman–Crippen LogP) is 13.9. The summed E-state index contributed by atoms with van der Waals surface area (Å²) in [5.41, 5.74) is 16.2. The number of hydrogen-bond donors (Lipinski definition) is 0. The Hall–Kier alpha value is -4.98. The molecule has 0 radical (unpaired) electrons. The average molecular weight is 733 g/mol. The van der Waals surface area contributed by atoms with E-state index in [1.165, 1.54) is 47.9 Å². The van der Waals surface area contributed by atoms with Crippen molar-refractivity contribution in [1.29, 1.82) is 0 Å². The van der Waals surface area contributed by atoms with Gasteiger partial charge in [0.1, 0.15) is 0 Å². The van der Waals surface area contributed by atoms with E-state index >= 15 is 0 Å². The smallest absolute Gasteiger partial charge is 0.0722 e. The monoisotopic (exact) mass is 732 g/mol. The fourth-order valence-electron chi connectivity index (χ4n) is 10.2. The highest BCUT2D eigenvalue weighted by Crippen LogP contribution is 2.58. The van der Waals surface area contributed by atoms with Crippen molar-refractivity contribution >= 4 is 8.07 Å². The van der Waals surface area contributed by atoms with Crippen molar-refractivity contribution < 1.29 is 0 Å². The quantitative estimate of drug-likeness (QED) is 0.113. The lowest BCUT2D eigenvalue weighted by molar-refractivity contribution is 0.635. The van der Waals surface area contributed by atoms with Crippen LogP contribution in [0.4, 0.5) is 0 Å². The highest BCUT2D eigenvalue weighted by Gasteiger charge is 2.49. The van der Waals surface area contributed by atoms with Crippen molar-refractivity contribution in [2.24, 2.45) is 11.8 Å². The Morgan fingerprint density at radius 1 is 0.418 bits per heavy atom. The van der Waals surface area contributed by atoms with Gasteiger partial charge in [0.2, 0.25) is 0 Å². The first-order valence-corrected chi connectivity index (χ1v) is 23.9. The van der Waals surface area contributed by atoms with Gasteiger partial charge in [0.15, 0.2) is 0 Å². The Kier molecular flexibility index (Phi) is 11.6. The molecule has 55 heavy (non-hydrogen) atoms. The van der Waals surface area contributed by atoms with Gasteiger partial charge in [0.05, 0.1) is 8.07 Å². The van der Waals surface area contributed by atoms with Crippen LogP contribution in [-0.4, -0.2) is 8.07 Å². The van der Waals surface area contributed by atoms with Crippen LogP contribution in [0.2, 0.25) is 24.2 Å². The maximum absolute atomic E-state index is 2.74. The molecule has 4 atom stereocenters. The van der Waals surface area contributed by atoms with E-state index in [-0.39, 0.29) is 0 Å². The van der Waals surface area contributed by atoms with Crippen LogP contribution in [-0.2, 0) is 25.7 Å². The van der Waals surface area contributed by atoms with Crippen molar-refractivity contribution in [1.82, 2.24) is 0 Å². The van der Waals surface area contributed by atoms with E-state index in [2.05, 4.69) is 195 Å². The third kappa shape index (κ3) is 8.48. The Labute approximate surface area is 331 Å². The van der Waals surface area contributed by atoms with Crippen LogP contribution in [0, 0.1) is 11.8 Å². The largest absolute Gasteiger partial charge is 0.0770 e. The first-order chi connectivity index (χ1) is 27.0. The van der Waals surface area contributed by atoms with E-state index in [0.717, 1.165) is 25.7 Å². The summed E-state index contributed by atoms with van der Waals surface area (Å²) < 4.78 is 0. The first kappa shape index (κ1) is 37.0. The molecule has 0 bridgehead atoms. The van der Waals surface area contributed by atoms with Gasteiger partial charge in [0, 0.05) is 22.9 Å². The molecule has 4 unspecified atom stereocenters. The van der Waals surface area contributed by atoms with Gasteiger partial charge in [0.25, 0.3) is 0 Å². The zero-order valence-corrected chi connectivity index (χ0v) is 33.8. The third-order valence-corrected chi connectivity index (χ3v) is 16.9. The molecule has 4 aliphatic rings. The second-order valence-electron chi connectivity index (χ2n) is 16.7. The van der Waals surface area contributed by atoms with E-state index in [1.807, 2.05) is 0 Å². The molecule has 0 nitrogen and oxygen atoms in total. The SMILES string of the molecule is C[Si](C)(C1C(Cc2ccccc2)=CC2=C1C=CC=CC2CCCc1ccccc1)C1C(Cc2ccccc2)=CC2=C1C=CC=CC2CCCc1ccccc1.